The summed E-state index contributed by atoms with van der Waals surface area (Å²) in [7, 11) is 0. The molecular formula is C27H45NO7. The molecule has 0 unspecified atom stereocenters. The molecule has 1 aliphatic rings. The molecule has 0 bridgehead atoms. The molecule has 200 valence electrons. The van der Waals surface area contributed by atoms with E-state index in [0.29, 0.717) is 19.4 Å². The first-order valence-corrected chi connectivity index (χ1v) is 13.0. The van der Waals surface area contributed by atoms with Gasteiger partial charge in [0.05, 0.1) is 6.61 Å². The molecule has 35 heavy (non-hydrogen) atoms. The smallest absolute Gasteiger partial charge is 0.302 e. The fraction of sp³-hybridized carbons (Fsp3) is 0.815. The Balaban J connectivity index is 2.95. The highest BCUT2D eigenvalue weighted by molar-refractivity contribution is 5.97. The highest BCUT2D eigenvalue weighted by Gasteiger charge is 2.50. The van der Waals surface area contributed by atoms with Gasteiger partial charge < -0.3 is 14.8 Å². The minimum atomic E-state index is -1.08. The number of esters is 1. The lowest BCUT2D eigenvalue weighted by atomic mass is 9.83. The number of Topliss-reactive ketones (excluding diaryl/α,β-unsaturated/α-hetero) is 3. The van der Waals surface area contributed by atoms with Crippen molar-refractivity contribution in [2.24, 2.45) is 23.7 Å². The van der Waals surface area contributed by atoms with Crippen molar-refractivity contribution in [2.45, 2.75) is 105 Å². The van der Waals surface area contributed by atoms with Crippen molar-refractivity contribution in [1.29, 1.82) is 0 Å². The zero-order chi connectivity index (χ0) is 26.8. The third-order valence-corrected chi connectivity index (χ3v) is 6.48. The molecule has 1 amide bonds. The molecule has 1 aliphatic heterocycles. The van der Waals surface area contributed by atoms with Crippen molar-refractivity contribution in [1.82, 2.24) is 5.32 Å². The Morgan fingerprint density at radius 1 is 1.03 bits per heavy atom. The summed E-state index contributed by atoms with van der Waals surface area (Å²) in [5.41, 5.74) is -0.852. The van der Waals surface area contributed by atoms with E-state index in [1.807, 2.05) is 27.7 Å². The maximum atomic E-state index is 13.3. The highest BCUT2D eigenvalue weighted by atomic mass is 16.6. The average molecular weight is 496 g/mol. The van der Waals surface area contributed by atoms with Crippen molar-refractivity contribution in [3.8, 4) is 0 Å². The first-order chi connectivity index (χ1) is 16.3. The van der Waals surface area contributed by atoms with Crippen LogP contribution in [-0.4, -0.2) is 54.1 Å². The number of carbonyl (C=O) groups is 5. The van der Waals surface area contributed by atoms with Crippen LogP contribution in [0.3, 0.4) is 0 Å². The first-order valence-electron chi connectivity index (χ1n) is 13.0. The maximum absolute atomic E-state index is 13.3. The highest BCUT2D eigenvalue weighted by Crippen LogP contribution is 2.33. The minimum absolute atomic E-state index is 0.0235. The number of unbranched alkanes of at least 4 members (excludes halogenated alkanes) is 2. The standard InChI is InChI=1S/C27H45NO7/c1-8-9-10-11-21(30)14-22(18(4)5)26(33)28-23(15-34-19(6)29)24(31)13-20(12-17(2)3)25(32)27(7)16-35-27/h17-18,20,22-23H,8-16H2,1-7H3,(H,28,33)/t20-,22+,23+,27-/m1/s1. The average Bonchev–Trinajstić information content (AvgIpc) is 3.51. The van der Waals surface area contributed by atoms with E-state index in [-0.39, 0.29) is 48.6 Å². The Labute approximate surface area is 210 Å². The van der Waals surface area contributed by atoms with E-state index >= 15 is 0 Å². The van der Waals surface area contributed by atoms with Gasteiger partial charge in [0, 0.05) is 38.0 Å². The van der Waals surface area contributed by atoms with Crippen LogP contribution in [-0.2, 0) is 33.4 Å². The maximum Gasteiger partial charge on any atom is 0.302 e. The summed E-state index contributed by atoms with van der Waals surface area (Å²) in [6, 6.07) is -1.08. The summed E-state index contributed by atoms with van der Waals surface area (Å²) in [5, 5.41) is 2.72. The molecular weight excluding hydrogens is 450 g/mol. The number of hydrogen-bond acceptors (Lipinski definition) is 7. The summed E-state index contributed by atoms with van der Waals surface area (Å²) >= 11 is 0. The number of amides is 1. The minimum Gasteiger partial charge on any atom is -0.463 e. The van der Waals surface area contributed by atoms with E-state index in [4.69, 9.17) is 9.47 Å². The number of ether oxygens (including phenoxy) is 2. The van der Waals surface area contributed by atoms with Crippen molar-refractivity contribution >= 4 is 29.2 Å². The van der Waals surface area contributed by atoms with Gasteiger partial charge in [0.1, 0.15) is 24.0 Å². The van der Waals surface area contributed by atoms with Crippen LogP contribution in [0.25, 0.3) is 0 Å². The molecule has 1 saturated heterocycles. The fourth-order valence-electron chi connectivity index (χ4n) is 4.16. The number of carbonyl (C=O) groups excluding carboxylic acids is 5. The summed E-state index contributed by atoms with van der Waals surface area (Å²) in [6.45, 7) is 12.7. The lowest BCUT2D eigenvalue weighted by molar-refractivity contribution is -0.145. The Morgan fingerprint density at radius 3 is 2.14 bits per heavy atom. The zero-order valence-electron chi connectivity index (χ0n) is 22.6. The van der Waals surface area contributed by atoms with Gasteiger partial charge in [0.25, 0.3) is 0 Å². The number of epoxide rings is 1. The third kappa shape index (κ3) is 11.0. The SMILES string of the molecule is CCCCCC(=O)C[C@H](C(=O)N[C@@H](COC(C)=O)C(=O)C[C@@H](CC(C)C)C(=O)[C@@]1(C)CO1)C(C)C. The molecule has 8 nitrogen and oxygen atoms in total. The molecule has 0 aliphatic carbocycles. The van der Waals surface area contributed by atoms with Gasteiger partial charge >= 0.3 is 5.97 Å². The van der Waals surface area contributed by atoms with Crippen molar-refractivity contribution in [3.05, 3.63) is 0 Å². The second-order valence-electron chi connectivity index (χ2n) is 10.8. The molecule has 1 rings (SSSR count). The fourth-order valence-corrected chi connectivity index (χ4v) is 4.16. The topological polar surface area (TPSA) is 119 Å². The van der Waals surface area contributed by atoms with Gasteiger partial charge in [-0.25, -0.2) is 0 Å². The Morgan fingerprint density at radius 2 is 1.66 bits per heavy atom. The van der Waals surface area contributed by atoms with Crippen molar-refractivity contribution < 1.29 is 33.4 Å². The predicted molar refractivity (Wildman–Crippen MR) is 133 cm³/mol. The molecule has 0 saturated carbocycles. The van der Waals surface area contributed by atoms with E-state index in [2.05, 4.69) is 12.2 Å². The van der Waals surface area contributed by atoms with Crippen molar-refractivity contribution in [2.75, 3.05) is 13.2 Å². The van der Waals surface area contributed by atoms with Gasteiger partial charge in [0.2, 0.25) is 5.91 Å². The molecule has 0 radical (unpaired) electrons. The van der Waals surface area contributed by atoms with Gasteiger partial charge in [-0.05, 0) is 31.6 Å². The summed E-state index contributed by atoms with van der Waals surface area (Å²) < 4.78 is 10.4. The van der Waals surface area contributed by atoms with Crippen LogP contribution < -0.4 is 5.32 Å². The summed E-state index contributed by atoms with van der Waals surface area (Å²) in [5.74, 6) is -2.53. The quantitative estimate of drug-likeness (QED) is 0.174. The lowest BCUT2D eigenvalue weighted by Crippen LogP contribution is -2.49. The Bertz CT molecular complexity index is 755. The summed E-state index contributed by atoms with van der Waals surface area (Å²) in [6.07, 6.45) is 3.73. The van der Waals surface area contributed by atoms with Crippen LogP contribution in [0.5, 0.6) is 0 Å². The van der Waals surface area contributed by atoms with Crippen LogP contribution in [0.1, 0.15) is 93.4 Å². The molecule has 1 fully saturated rings. The van der Waals surface area contributed by atoms with Gasteiger partial charge in [-0.3, -0.25) is 24.0 Å². The normalized spacial score (nSPS) is 19.7. The Hall–Kier alpha value is -2.09. The van der Waals surface area contributed by atoms with E-state index in [0.717, 1.165) is 19.3 Å². The molecule has 0 aromatic heterocycles. The van der Waals surface area contributed by atoms with Gasteiger partial charge in [-0.15, -0.1) is 0 Å². The van der Waals surface area contributed by atoms with E-state index < -0.39 is 35.4 Å². The molecule has 1 heterocycles. The van der Waals surface area contributed by atoms with Crippen LogP contribution in [0.2, 0.25) is 0 Å². The van der Waals surface area contributed by atoms with Crippen molar-refractivity contribution in [3.63, 3.8) is 0 Å². The van der Waals surface area contributed by atoms with Crippen LogP contribution in [0.4, 0.5) is 0 Å². The number of rotatable bonds is 18. The largest absolute Gasteiger partial charge is 0.463 e. The van der Waals surface area contributed by atoms with Crippen LogP contribution in [0, 0.1) is 23.7 Å². The number of ketones is 3. The molecule has 8 heteroatoms. The van der Waals surface area contributed by atoms with E-state index in [9.17, 15) is 24.0 Å². The monoisotopic (exact) mass is 495 g/mol. The molecule has 0 aromatic rings. The summed E-state index contributed by atoms with van der Waals surface area (Å²) in [4.78, 5) is 63.2. The van der Waals surface area contributed by atoms with Crippen LogP contribution in [0.15, 0.2) is 0 Å². The zero-order valence-corrected chi connectivity index (χ0v) is 22.6. The predicted octanol–water partition coefficient (Wildman–Crippen LogP) is 3.83. The van der Waals surface area contributed by atoms with Gasteiger partial charge in [-0.2, -0.15) is 0 Å². The van der Waals surface area contributed by atoms with Gasteiger partial charge in [-0.1, -0.05) is 47.5 Å². The molecule has 0 aromatic carbocycles. The van der Waals surface area contributed by atoms with E-state index in [1.54, 1.807) is 6.92 Å². The van der Waals surface area contributed by atoms with Crippen LogP contribution >= 0.6 is 0 Å². The molecule has 4 atom stereocenters. The van der Waals surface area contributed by atoms with Gasteiger partial charge in [0.15, 0.2) is 11.6 Å². The number of nitrogens with one attached hydrogen (secondary N) is 1. The second-order valence-corrected chi connectivity index (χ2v) is 10.8. The molecule has 0 spiro atoms. The third-order valence-electron chi connectivity index (χ3n) is 6.48. The van der Waals surface area contributed by atoms with E-state index in [1.165, 1.54) is 6.92 Å². The number of hydrogen-bond donors (Lipinski definition) is 1. The molecule has 1 N–H and O–H groups in total. The first kappa shape index (κ1) is 30.9. The Kier molecular flexibility index (Phi) is 12.8. The lowest BCUT2D eigenvalue weighted by Gasteiger charge is -2.25. The second kappa shape index (κ2) is 14.5.